The van der Waals surface area contributed by atoms with Crippen LogP contribution >= 0.6 is 0 Å². The van der Waals surface area contributed by atoms with E-state index in [9.17, 15) is 4.79 Å². The standard InChI is InChI=1S/C17H16O2/c1-13(2)12-19-17(18)16-11-7-6-10-15(16)14-8-4-3-5-9-14/h3-11H,1,12H2,2H3. The molecule has 2 rings (SSSR count). The monoisotopic (exact) mass is 252 g/mol. The molecular weight excluding hydrogens is 236 g/mol. The van der Waals surface area contributed by atoms with Gasteiger partial charge in [-0.2, -0.15) is 0 Å². The minimum absolute atomic E-state index is 0.252. The molecule has 0 N–H and O–H groups in total. The second-order valence-corrected chi connectivity index (χ2v) is 4.44. The normalized spacial score (nSPS) is 9.95. The summed E-state index contributed by atoms with van der Waals surface area (Å²) < 4.78 is 5.21. The molecule has 0 saturated carbocycles. The predicted molar refractivity (Wildman–Crippen MR) is 77.0 cm³/mol. The maximum absolute atomic E-state index is 12.1. The first kappa shape index (κ1) is 13.1. The predicted octanol–water partition coefficient (Wildman–Crippen LogP) is 4.09. The van der Waals surface area contributed by atoms with Crippen molar-refractivity contribution in [3.63, 3.8) is 0 Å². The highest BCUT2D eigenvalue weighted by Crippen LogP contribution is 2.24. The zero-order valence-electron chi connectivity index (χ0n) is 10.9. The number of carbonyl (C=O) groups is 1. The molecular formula is C17H16O2. The molecule has 0 radical (unpaired) electrons. The second kappa shape index (κ2) is 6.01. The Morgan fingerprint density at radius 3 is 2.37 bits per heavy atom. The molecule has 0 unspecified atom stereocenters. The van der Waals surface area contributed by atoms with Gasteiger partial charge in [0.25, 0.3) is 0 Å². The van der Waals surface area contributed by atoms with Crippen LogP contribution in [0.3, 0.4) is 0 Å². The Balaban J connectivity index is 2.31. The van der Waals surface area contributed by atoms with E-state index in [0.29, 0.717) is 5.56 Å². The summed E-state index contributed by atoms with van der Waals surface area (Å²) in [7, 11) is 0. The Labute approximate surface area is 113 Å². The lowest BCUT2D eigenvalue weighted by Crippen LogP contribution is -2.08. The Hall–Kier alpha value is -2.35. The van der Waals surface area contributed by atoms with Crippen molar-refractivity contribution in [1.29, 1.82) is 0 Å². The number of hydrogen-bond acceptors (Lipinski definition) is 2. The van der Waals surface area contributed by atoms with Gasteiger partial charge in [0, 0.05) is 0 Å². The summed E-state index contributed by atoms with van der Waals surface area (Å²) in [5.41, 5.74) is 3.29. The number of hydrogen-bond donors (Lipinski definition) is 0. The van der Waals surface area contributed by atoms with Crippen molar-refractivity contribution < 1.29 is 9.53 Å². The van der Waals surface area contributed by atoms with Crippen LogP contribution in [0, 0.1) is 0 Å². The van der Waals surface area contributed by atoms with Crippen LogP contribution in [0.25, 0.3) is 11.1 Å². The highest BCUT2D eigenvalue weighted by Gasteiger charge is 2.13. The third-order valence-electron chi connectivity index (χ3n) is 2.68. The van der Waals surface area contributed by atoms with Crippen molar-refractivity contribution in [3.05, 3.63) is 72.3 Å². The Bertz CT molecular complexity index is 585. The number of ether oxygens (including phenoxy) is 1. The fourth-order valence-electron chi connectivity index (χ4n) is 1.80. The summed E-state index contributed by atoms with van der Waals surface area (Å²) in [6.45, 7) is 5.81. The molecule has 2 aromatic carbocycles. The number of benzene rings is 2. The van der Waals surface area contributed by atoms with Crippen molar-refractivity contribution >= 4 is 5.97 Å². The zero-order valence-corrected chi connectivity index (χ0v) is 10.9. The minimum atomic E-state index is -0.317. The van der Waals surface area contributed by atoms with Crippen LogP contribution in [-0.4, -0.2) is 12.6 Å². The van der Waals surface area contributed by atoms with Crippen LogP contribution in [0.5, 0.6) is 0 Å². The van der Waals surface area contributed by atoms with Gasteiger partial charge in [-0.05, 0) is 29.7 Å². The Morgan fingerprint density at radius 2 is 1.68 bits per heavy atom. The largest absolute Gasteiger partial charge is 0.458 e. The van der Waals surface area contributed by atoms with E-state index < -0.39 is 0 Å². The van der Waals surface area contributed by atoms with Crippen LogP contribution in [0.2, 0.25) is 0 Å². The molecule has 0 spiro atoms. The summed E-state index contributed by atoms with van der Waals surface area (Å²) in [4.78, 5) is 12.1. The van der Waals surface area contributed by atoms with Gasteiger partial charge in [0.2, 0.25) is 0 Å². The minimum Gasteiger partial charge on any atom is -0.458 e. The lowest BCUT2D eigenvalue weighted by Gasteiger charge is -2.09. The topological polar surface area (TPSA) is 26.3 Å². The van der Waals surface area contributed by atoms with Gasteiger partial charge in [0.15, 0.2) is 0 Å². The van der Waals surface area contributed by atoms with E-state index in [0.717, 1.165) is 16.7 Å². The molecule has 2 heteroatoms. The average Bonchev–Trinajstić information content (AvgIpc) is 2.45. The van der Waals surface area contributed by atoms with Gasteiger partial charge in [-0.1, -0.05) is 55.1 Å². The van der Waals surface area contributed by atoms with Gasteiger partial charge in [-0.15, -0.1) is 0 Å². The first-order valence-corrected chi connectivity index (χ1v) is 6.14. The van der Waals surface area contributed by atoms with Gasteiger partial charge in [-0.25, -0.2) is 4.79 Å². The molecule has 0 heterocycles. The molecule has 0 fully saturated rings. The molecule has 0 aliphatic rings. The van der Waals surface area contributed by atoms with E-state index in [2.05, 4.69) is 6.58 Å². The molecule has 96 valence electrons. The molecule has 0 atom stereocenters. The van der Waals surface area contributed by atoms with Crippen molar-refractivity contribution in [2.24, 2.45) is 0 Å². The zero-order chi connectivity index (χ0) is 13.7. The van der Waals surface area contributed by atoms with Gasteiger partial charge >= 0.3 is 5.97 Å². The van der Waals surface area contributed by atoms with E-state index in [1.165, 1.54) is 0 Å². The number of esters is 1. The molecule has 2 aromatic rings. The van der Waals surface area contributed by atoms with Crippen LogP contribution in [-0.2, 0) is 4.74 Å². The average molecular weight is 252 g/mol. The molecule has 0 aliphatic heterocycles. The Morgan fingerprint density at radius 1 is 1.05 bits per heavy atom. The fourth-order valence-corrected chi connectivity index (χ4v) is 1.80. The summed E-state index contributed by atoms with van der Waals surface area (Å²) >= 11 is 0. The molecule has 19 heavy (non-hydrogen) atoms. The highest BCUT2D eigenvalue weighted by atomic mass is 16.5. The molecule has 0 bridgehead atoms. The summed E-state index contributed by atoms with van der Waals surface area (Å²) in [6, 6.07) is 17.3. The van der Waals surface area contributed by atoms with Crippen molar-refractivity contribution in [2.45, 2.75) is 6.92 Å². The van der Waals surface area contributed by atoms with E-state index in [-0.39, 0.29) is 12.6 Å². The smallest absolute Gasteiger partial charge is 0.339 e. The van der Waals surface area contributed by atoms with Crippen LogP contribution in [0.15, 0.2) is 66.7 Å². The molecule has 0 amide bonds. The van der Waals surface area contributed by atoms with Gasteiger partial charge in [0.05, 0.1) is 5.56 Å². The maximum atomic E-state index is 12.1. The highest BCUT2D eigenvalue weighted by molar-refractivity contribution is 5.97. The maximum Gasteiger partial charge on any atom is 0.339 e. The van der Waals surface area contributed by atoms with Gasteiger partial charge < -0.3 is 4.74 Å². The fraction of sp³-hybridized carbons (Fsp3) is 0.118. The third-order valence-corrected chi connectivity index (χ3v) is 2.68. The van der Waals surface area contributed by atoms with E-state index in [1.54, 1.807) is 6.07 Å². The van der Waals surface area contributed by atoms with E-state index >= 15 is 0 Å². The first-order valence-electron chi connectivity index (χ1n) is 6.14. The molecule has 2 nitrogen and oxygen atoms in total. The van der Waals surface area contributed by atoms with Crippen LogP contribution in [0.1, 0.15) is 17.3 Å². The molecule has 0 aliphatic carbocycles. The van der Waals surface area contributed by atoms with Crippen molar-refractivity contribution in [1.82, 2.24) is 0 Å². The molecule has 0 aromatic heterocycles. The van der Waals surface area contributed by atoms with Crippen LogP contribution in [0.4, 0.5) is 0 Å². The first-order chi connectivity index (χ1) is 9.18. The quantitative estimate of drug-likeness (QED) is 0.605. The summed E-state index contributed by atoms with van der Waals surface area (Å²) in [5.74, 6) is -0.317. The molecule has 0 saturated heterocycles. The lowest BCUT2D eigenvalue weighted by molar-refractivity contribution is 0.0541. The van der Waals surface area contributed by atoms with E-state index in [1.807, 2.05) is 55.5 Å². The van der Waals surface area contributed by atoms with Crippen LogP contribution < -0.4 is 0 Å². The third kappa shape index (κ3) is 3.32. The van der Waals surface area contributed by atoms with Crippen molar-refractivity contribution in [3.8, 4) is 11.1 Å². The summed E-state index contributed by atoms with van der Waals surface area (Å²) in [6.07, 6.45) is 0. The van der Waals surface area contributed by atoms with Crippen molar-refractivity contribution in [2.75, 3.05) is 6.61 Å². The summed E-state index contributed by atoms with van der Waals surface area (Å²) in [5, 5.41) is 0. The SMILES string of the molecule is C=C(C)COC(=O)c1ccccc1-c1ccccc1. The lowest BCUT2D eigenvalue weighted by atomic mass is 10.00. The van der Waals surface area contributed by atoms with Gasteiger partial charge in [0.1, 0.15) is 6.61 Å². The Kier molecular flexibility index (Phi) is 4.14. The number of carbonyl (C=O) groups excluding carboxylic acids is 1. The number of rotatable bonds is 4. The second-order valence-electron chi connectivity index (χ2n) is 4.44. The van der Waals surface area contributed by atoms with E-state index in [4.69, 9.17) is 4.74 Å². The van der Waals surface area contributed by atoms with Gasteiger partial charge in [-0.3, -0.25) is 0 Å².